The van der Waals surface area contributed by atoms with Crippen LogP contribution in [0.2, 0.25) is 0 Å². The lowest BCUT2D eigenvalue weighted by atomic mass is 11.8. The van der Waals surface area contributed by atoms with Crippen molar-refractivity contribution >= 4 is 18.4 Å². The van der Waals surface area contributed by atoms with Crippen LogP contribution < -0.4 is 0 Å². The van der Waals surface area contributed by atoms with Gasteiger partial charge in [-0.1, -0.05) is 0 Å². The number of hydrogen-bond acceptors (Lipinski definition) is 4. The van der Waals surface area contributed by atoms with Crippen molar-refractivity contribution in [1.29, 1.82) is 0 Å². The van der Waals surface area contributed by atoms with Crippen LogP contribution in [-0.2, 0) is 19.5 Å². The Morgan fingerprint density at radius 3 is 1.50 bits per heavy atom. The van der Waals surface area contributed by atoms with Crippen molar-refractivity contribution in [3.05, 3.63) is 0 Å². The first-order valence-electron chi connectivity index (χ1n) is 1.92. The summed E-state index contributed by atoms with van der Waals surface area (Å²) in [6.07, 6.45) is 0. The molecule has 0 aromatic rings. The summed E-state index contributed by atoms with van der Waals surface area (Å²) in [4.78, 5) is 0. The molecule has 6 nitrogen and oxygen atoms in total. The van der Waals surface area contributed by atoms with Crippen molar-refractivity contribution in [3.8, 4) is 0 Å². The predicted molar refractivity (Wildman–Crippen MR) is 34.7 cm³/mol. The second-order valence-electron chi connectivity index (χ2n) is 1.07. The lowest BCUT2D eigenvalue weighted by Crippen LogP contribution is -1.89. The van der Waals surface area contributed by atoms with Crippen LogP contribution in [-0.4, -0.2) is 31.3 Å². The van der Waals surface area contributed by atoms with Gasteiger partial charge in [0.25, 0.3) is 0 Å². The Hall–Kier alpha value is -0.0700. The molecular formula is C2H8O6PS+. The molecule has 1 unspecified atom stereocenters. The van der Waals surface area contributed by atoms with E-state index in [9.17, 15) is 4.57 Å². The first-order chi connectivity index (χ1) is 4.27. The smallest absolute Gasteiger partial charge is 0.264 e. The van der Waals surface area contributed by atoms with Gasteiger partial charge in [0.1, 0.15) is 0 Å². The molecule has 0 fully saturated rings. The zero-order chi connectivity index (χ0) is 8.78. The zero-order valence-corrected chi connectivity index (χ0v) is 7.09. The van der Waals surface area contributed by atoms with Crippen molar-refractivity contribution in [2.45, 2.75) is 0 Å². The van der Waals surface area contributed by atoms with Gasteiger partial charge in [-0.05, 0) is 4.57 Å². The molecule has 8 heteroatoms. The predicted octanol–water partition coefficient (Wildman–Crippen LogP) is 0.352. The first-order valence-corrected chi connectivity index (χ1v) is 4.94. The van der Waals surface area contributed by atoms with Crippen molar-refractivity contribution < 1.29 is 26.6 Å². The summed E-state index contributed by atoms with van der Waals surface area (Å²) in [7, 11) is -4.60. The summed E-state index contributed by atoms with van der Waals surface area (Å²) < 4.78 is 45.6. The van der Waals surface area contributed by atoms with Gasteiger partial charge in [0, 0.05) is 0 Å². The second-order valence-corrected chi connectivity index (χ2v) is 3.21. The van der Waals surface area contributed by atoms with E-state index >= 15 is 0 Å². The van der Waals surface area contributed by atoms with Gasteiger partial charge in [-0.2, -0.15) is 8.42 Å². The molecule has 0 amide bonds. The minimum atomic E-state index is -4.67. The summed E-state index contributed by atoms with van der Waals surface area (Å²) in [6, 6.07) is 0. The Balaban J connectivity index is 0. The molecule has 0 aliphatic carbocycles. The van der Waals surface area contributed by atoms with Crippen LogP contribution in [0.5, 0.6) is 0 Å². The molecule has 0 saturated carbocycles. The van der Waals surface area contributed by atoms with Crippen LogP contribution in [0.3, 0.4) is 0 Å². The summed E-state index contributed by atoms with van der Waals surface area (Å²) in [5.74, 6) is 0. The molecule has 0 aromatic carbocycles. The average molecular weight is 191 g/mol. The Bertz CT molecular complexity index is 174. The molecule has 0 spiro atoms. The normalized spacial score (nSPS) is 11.4. The van der Waals surface area contributed by atoms with E-state index in [1.165, 1.54) is 13.8 Å². The Labute approximate surface area is 59.6 Å². The molecule has 0 rings (SSSR count). The third-order valence-corrected chi connectivity index (χ3v) is 0.771. The number of rotatable bonds is 1. The van der Waals surface area contributed by atoms with E-state index < -0.39 is 18.4 Å². The monoisotopic (exact) mass is 191 g/mol. The largest absolute Gasteiger partial charge is 0.504 e. The summed E-state index contributed by atoms with van der Waals surface area (Å²) in [5.41, 5.74) is 0. The highest BCUT2D eigenvalue weighted by Crippen LogP contribution is 2.10. The minimum absolute atomic E-state index is 1.35. The Kier molecular flexibility index (Phi) is 7.17. The van der Waals surface area contributed by atoms with Gasteiger partial charge >= 0.3 is 18.4 Å². The fourth-order valence-corrected chi connectivity index (χ4v) is 0. The summed E-state index contributed by atoms with van der Waals surface area (Å²) in [5, 5.41) is 0. The first kappa shape index (κ1) is 12.6. The maximum atomic E-state index is 9.74. The molecule has 1 atom stereocenters. The molecule has 0 aromatic heterocycles. The van der Waals surface area contributed by atoms with Gasteiger partial charge in [0.15, 0.2) is 6.66 Å². The van der Waals surface area contributed by atoms with E-state index in [1.54, 1.807) is 0 Å². The molecule has 0 bridgehead atoms. The van der Waals surface area contributed by atoms with E-state index in [4.69, 9.17) is 17.5 Å². The van der Waals surface area contributed by atoms with E-state index in [1.807, 2.05) is 0 Å². The van der Waals surface area contributed by atoms with Gasteiger partial charge in [0.2, 0.25) is 0 Å². The molecule has 0 aliphatic heterocycles. The summed E-state index contributed by atoms with van der Waals surface area (Å²) >= 11 is 0. The highest BCUT2D eigenvalue weighted by Gasteiger charge is 1.96. The molecule has 0 aliphatic rings. The maximum absolute atomic E-state index is 9.74. The Morgan fingerprint density at radius 2 is 1.50 bits per heavy atom. The molecule has 0 saturated heterocycles. The van der Waals surface area contributed by atoms with Gasteiger partial charge in [0.05, 0.1) is 7.11 Å². The highest BCUT2D eigenvalue weighted by molar-refractivity contribution is 7.79. The Morgan fingerprint density at radius 1 is 1.40 bits per heavy atom. The third-order valence-electron chi connectivity index (χ3n) is 0.257. The molecule has 10 heavy (non-hydrogen) atoms. The van der Waals surface area contributed by atoms with Crippen molar-refractivity contribution in [3.63, 3.8) is 0 Å². The average Bonchev–Trinajstić information content (AvgIpc) is 1.61. The second kappa shape index (κ2) is 5.70. The van der Waals surface area contributed by atoms with Crippen molar-refractivity contribution in [1.82, 2.24) is 0 Å². The maximum Gasteiger partial charge on any atom is 0.504 e. The van der Waals surface area contributed by atoms with Crippen molar-refractivity contribution in [2.24, 2.45) is 0 Å². The van der Waals surface area contributed by atoms with Gasteiger partial charge in [-0.25, -0.2) is 0 Å². The van der Waals surface area contributed by atoms with Crippen LogP contribution in [0.25, 0.3) is 0 Å². The standard InChI is InChI=1S/C2H6O2P.H2O4S/c1-4-5(2)3;1-5(2,3)4/h1-2H3;(H2,1,2,3,4)/q+1;. The zero-order valence-electron chi connectivity index (χ0n) is 5.38. The van der Waals surface area contributed by atoms with E-state index in [2.05, 4.69) is 4.52 Å². The molecule has 2 N–H and O–H groups in total. The topological polar surface area (TPSA) is 101 Å². The van der Waals surface area contributed by atoms with Crippen molar-refractivity contribution in [2.75, 3.05) is 13.8 Å². The van der Waals surface area contributed by atoms with Crippen LogP contribution in [0.15, 0.2) is 0 Å². The SMILES string of the molecule is CO[P+](C)=O.O=S(=O)(O)O. The number of hydrogen-bond donors (Lipinski definition) is 2. The van der Waals surface area contributed by atoms with Crippen LogP contribution in [0.4, 0.5) is 0 Å². The van der Waals surface area contributed by atoms with Gasteiger partial charge < -0.3 is 0 Å². The van der Waals surface area contributed by atoms with Crippen LogP contribution in [0.1, 0.15) is 0 Å². The fraction of sp³-hybridized carbons (Fsp3) is 1.00. The van der Waals surface area contributed by atoms with Crippen LogP contribution in [0, 0.1) is 0 Å². The minimum Gasteiger partial charge on any atom is -0.264 e. The molecule has 0 heterocycles. The van der Waals surface area contributed by atoms with Crippen LogP contribution >= 0.6 is 8.03 Å². The highest BCUT2D eigenvalue weighted by atomic mass is 32.3. The van der Waals surface area contributed by atoms with E-state index in [0.29, 0.717) is 0 Å². The summed E-state index contributed by atoms with van der Waals surface area (Å²) in [6.45, 7) is 1.51. The van der Waals surface area contributed by atoms with Gasteiger partial charge in [-0.3, -0.25) is 9.11 Å². The van der Waals surface area contributed by atoms with Gasteiger partial charge in [-0.15, -0.1) is 4.52 Å². The lowest BCUT2D eigenvalue weighted by molar-refractivity contribution is 0.381. The van der Waals surface area contributed by atoms with E-state index in [0.717, 1.165) is 0 Å². The van der Waals surface area contributed by atoms with E-state index in [-0.39, 0.29) is 0 Å². The fourth-order valence-electron chi connectivity index (χ4n) is 0. The molecular weight excluding hydrogens is 183 g/mol. The quantitative estimate of drug-likeness (QED) is 0.458. The molecule has 62 valence electrons. The lowest BCUT2D eigenvalue weighted by Gasteiger charge is -1.68. The molecule has 0 radical (unpaired) electrons. The third kappa shape index (κ3) is 102.